The fraction of sp³-hybridized carbons (Fsp3) is 1.00. The molecule has 1 radical (unpaired) electrons. The lowest BCUT2D eigenvalue weighted by Gasteiger charge is -2.23. The Bertz CT molecular complexity index is 92.1. The van der Waals surface area contributed by atoms with Crippen LogP contribution in [0, 0.1) is 0 Å². The number of hydrogen-bond acceptors (Lipinski definition) is 2. The quantitative estimate of drug-likeness (QED) is 0.608. The van der Waals surface area contributed by atoms with Crippen molar-refractivity contribution in [2.24, 2.45) is 0 Å². The molecule has 0 aliphatic carbocycles. The van der Waals surface area contributed by atoms with Gasteiger partial charge in [-0.2, -0.15) is 0 Å². The summed E-state index contributed by atoms with van der Waals surface area (Å²) in [5, 5.41) is 13.5. The van der Waals surface area contributed by atoms with E-state index in [1.165, 1.54) is 0 Å². The summed E-state index contributed by atoms with van der Waals surface area (Å²) in [6.45, 7) is 2.67. The predicted molar refractivity (Wildman–Crippen MR) is 42.0 cm³/mol. The van der Waals surface area contributed by atoms with E-state index in [2.05, 4.69) is 5.32 Å². The van der Waals surface area contributed by atoms with Gasteiger partial charge in [0.2, 0.25) is 0 Å². The van der Waals surface area contributed by atoms with Crippen molar-refractivity contribution in [2.45, 2.75) is 25.3 Å². The van der Waals surface area contributed by atoms with Gasteiger partial charge < -0.3 is 10.1 Å². The van der Waals surface area contributed by atoms with Crippen LogP contribution in [-0.4, -0.2) is 32.4 Å². The molecular formula is C8H16NO2. The zero-order valence-electron chi connectivity index (χ0n) is 6.84. The van der Waals surface area contributed by atoms with Crippen LogP contribution >= 0.6 is 0 Å². The highest BCUT2D eigenvalue weighted by molar-refractivity contribution is 4.69. The van der Waals surface area contributed by atoms with Crippen molar-refractivity contribution in [1.82, 2.24) is 5.32 Å². The number of hydrogen-bond donors (Lipinski definition) is 1. The molecule has 65 valence electrons. The summed E-state index contributed by atoms with van der Waals surface area (Å²) >= 11 is 0. The van der Waals surface area contributed by atoms with E-state index >= 15 is 0 Å². The van der Waals surface area contributed by atoms with Crippen molar-refractivity contribution in [3.63, 3.8) is 0 Å². The van der Waals surface area contributed by atoms with Gasteiger partial charge in [-0.3, -0.25) is 0 Å². The Morgan fingerprint density at radius 3 is 3.00 bits per heavy atom. The Kier molecular flexibility index (Phi) is 4.50. The topological polar surface area (TPSA) is 41.2 Å². The van der Waals surface area contributed by atoms with E-state index in [-0.39, 0.29) is 6.61 Å². The summed E-state index contributed by atoms with van der Waals surface area (Å²) < 4.78 is 5.27. The van der Waals surface area contributed by atoms with E-state index in [1.54, 1.807) is 0 Å². The molecule has 3 heteroatoms. The largest absolute Gasteiger partial charge is 0.379 e. The van der Waals surface area contributed by atoms with E-state index in [0.29, 0.717) is 6.04 Å². The van der Waals surface area contributed by atoms with Crippen molar-refractivity contribution < 1.29 is 9.84 Å². The van der Waals surface area contributed by atoms with Crippen LogP contribution < -0.4 is 5.32 Å². The van der Waals surface area contributed by atoms with Gasteiger partial charge in [-0.1, -0.05) is 0 Å². The highest BCUT2D eigenvalue weighted by Gasteiger charge is 2.11. The van der Waals surface area contributed by atoms with E-state index in [9.17, 15) is 5.11 Å². The van der Waals surface area contributed by atoms with Gasteiger partial charge in [-0.15, -0.1) is 0 Å². The van der Waals surface area contributed by atoms with Crippen LogP contribution in [0.3, 0.4) is 0 Å². The smallest absolute Gasteiger partial charge is 0.0822 e. The fourth-order valence-corrected chi connectivity index (χ4v) is 1.30. The molecule has 1 aliphatic rings. The third-order valence-electron chi connectivity index (χ3n) is 1.95. The van der Waals surface area contributed by atoms with Crippen molar-refractivity contribution >= 4 is 0 Å². The standard InChI is InChI=1S/C8H16NO2/c10-5-2-1-3-8-7-11-6-4-9-8/h8-9H,1-7H2. The zero-order valence-corrected chi connectivity index (χ0v) is 6.84. The minimum Gasteiger partial charge on any atom is -0.379 e. The van der Waals surface area contributed by atoms with Gasteiger partial charge in [0, 0.05) is 12.6 Å². The number of ether oxygens (including phenoxy) is 1. The molecular weight excluding hydrogens is 142 g/mol. The van der Waals surface area contributed by atoms with Crippen LogP contribution in [0.25, 0.3) is 0 Å². The highest BCUT2D eigenvalue weighted by Crippen LogP contribution is 2.03. The Morgan fingerprint density at radius 2 is 2.36 bits per heavy atom. The van der Waals surface area contributed by atoms with Crippen LogP contribution in [0.2, 0.25) is 0 Å². The summed E-state index contributed by atoms with van der Waals surface area (Å²) in [4.78, 5) is 0. The Labute approximate surface area is 67.7 Å². The molecule has 0 aromatic rings. The normalized spacial score (nSPS) is 25.4. The molecule has 11 heavy (non-hydrogen) atoms. The van der Waals surface area contributed by atoms with E-state index in [0.717, 1.165) is 39.0 Å². The molecule has 0 bridgehead atoms. The van der Waals surface area contributed by atoms with Gasteiger partial charge in [0.25, 0.3) is 0 Å². The molecule has 1 atom stereocenters. The first kappa shape index (κ1) is 8.97. The summed E-state index contributed by atoms with van der Waals surface area (Å²) in [7, 11) is 0. The summed E-state index contributed by atoms with van der Waals surface area (Å²) in [6.07, 6.45) is 2.92. The van der Waals surface area contributed by atoms with Crippen LogP contribution in [0.15, 0.2) is 0 Å². The first-order chi connectivity index (χ1) is 5.43. The van der Waals surface area contributed by atoms with E-state index in [1.807, 2.05) is 0 Å². The van der Waals surface area contributed by atoms with Crippen LogP contribution in [0.4, 0.5) is 0 Å². The summed E-state index contributed by atoms with van der Waals surface area (Å²) in [5.41, 5.74) is 0. The number of unbranched alkanes of at least 4 members (excludes halogenated alkanes) is 1. The molecule has 0 saturated carbocycles. The van der Waals surface area contributed by atoms with Gasteiger partial charge in [-0.25, -0.2) is 5.11 Å². The van der Waals surface area contributed by atoms with Crippen molar-refractivity contribution in [3.8, 4) is 0 Å². The minimum absolute atomic E-state index is 0.0631. The Hall–Kier alpha value is -0.120. The Balaban J connectivity index is 1.96. The second-order valence-corrected chi connectivity index (χ2v) is 2.93. The molecule has 0 spiro atoms. The molecule has 3 nitrogen and oxygen atoms in total. The first-order valence-corrected chi connectivity index (χ1v) is 4.32. The van der Waals surface area contributed by atoms with Crippen molar-refractivity contribution in [3.05, 3.63) is 0 Å². The molecule has 1 N–H and O–H groups in total. The van der Waals surface area contributed by atoms with E-state index in [4.69, 9.17) is 4.74 Å². The maximum Gasteiger partial charge on any atom is 0.0822 e. The lowest BCUT2D eigenvalue weighted by molar-refractivity contribution is 0.0723. The fourth-order valence-electron chi connectivity index (χ4n) is 1.30. The number of rotatable bonds is 4. The van der Waals surface area contributed by atoms with Crippen LogP contribution in [0.5, 0.6) is 0 Å². The predicted octanol–water partition coefficient (Wildman–Crippen LogP) is 0.576. The maximum absolute atomic E-state index is 10.1. The SMILES string of the molecule is [O]CCCCC1COCCN1. The maximum atomic E-state index is 10.1. The average molecular weight is 158 g/mol. The average Bonchev–Trinajstić information content (AvgIpc) is 2.07. The molecule has 1 rings (SSSR count). The zero-order chi connectivity index (χ0) is 7.94. The third kappa shape index (κ3) is 3.70. The van der Waals surface area contributed by atoms with Gasteiger partial charge in [-0.05, 0) is 19.3 Å². The molecule has 0 aromatic carbocycles. The lowest BCUT2D eigenvalue weighted by atomic mass is 10.1. The van der Waals surface area contributed by atoms with Crippen molar-refractivity contribution in [2.75, 3.05) is 26.4 Å². The van der Waals surface area contributed by atoms with Gasteiger partial charge in [0.05, 0.1) is 19.8 Å². The molecule has 1 fully saturated rings. The van der Waals surface area contributed by atoms with Crippen molar-refractivity contribution in [1.29, 1.82) is 0 Å². The first-order valence-electron chi connectivity index (χ1n) is 4.32. The van der Waals surface area contributed by atoms with Gasteiger partial charge in [0.1, 0.15) is 0 Å². The monoisotopic (exact) mass is 158 g/mol. The number of nitrogens with one attached hydrogen (secondary N) is 1. The molecule has 1 aliphatic heterocycles. The summed E-state index contributed by atoms with van der Waals surface area (Å²) in [6, 6.07) is 0.496. The highest BCUT2D eigenvalue weighted by atomic mass is 16.5. The molecule has 1 saturated heterocycles. The Morgan fingerprint density at radius 1 is 1.45 bits per heavy atom. The molecule has 1 unspecified atom stereocenters. The van der Waals surface area contributed by atoms with E-state index < -0.39 is 0 Å². The summed E-state index contributed by atoms with van der Waals surface area (Å²) in [5.74, 6) is 0. The van der Waals surface area contributed by atoms with Crippen LogP contribution in [-0.2, 0) is 9.84 Å². The number of morpholine rings is 1. The molecule has 1 heterocycles. The molecule has 0 amide bonds. The lowest BCUT2D eigenvalue weighted by Crippen LogP contribution is -2.41. The van der Waals surface area contributed by atoms with Crippen LogP contribution in [0.1, 0.15) is 19.3 Å². The van der Waals surface area contributed by atoms with Gasteiger partial charge in [0.15, 0.2) is 0 Å². The second kappa shape index (κ2) is 5.52. The van der Waals surface area contributed by atoms with Gasteiger partial charge >= 0.3 is 0 Å². The second-order valence-electron chi connectivity index (χ2n) is 2.93. The third-order valence-corrected chi connectivity index (χ3v) is 1.95. The molecule has 0 aromatic heterocycles. The minimum atomic E-state index is 0.0631.